The van der Waals surface area contributed by atoms with Gasteiger partial charge in [-0.25, -0.2) is 0 Å². The van der Waals surface area contributed by atoms with E-state index in [2.05, 4.69) is 29.1 Å². The van der Waals surface area contributed by atoms with Crippen molar-refractivity contribution in [3.63, 3.8) is 0 Å². The van der Waals surface area contributed by atoms with Gasteiger partial charge in [0.25, 0.3) is 0 Å². The first-order chi connectivity index (χ1) is 10.1. The van der Waals surface area contributed by atoms with Crippen molar-refractivity contribution < 1.29 is 9.53 Å². The van der Waals surface area contributed by atoms with Crippen LogP contribution < -0.4 is 10.1 Å². The van der Waals surface area contributed by atoms with Crippen molar-refractivity contribution in [1.82, 2.24) is 9.88 Å². The smallest absolute Gasteiger partial charge is 0.216 e. The molecule has 0 saturated carbocycles. The molecule has 0 aliphatic heterocycles. The van der Waals surface area contributed by atoms with Crippen LogP contribution in [0.25, 0.3) is 10.9 Å². The molecule has 4 nitrogen and oxygen atoms in total. The lowest BCUT2D eigenvalue weighted by atomic mass is 9.85. The molecule has 21 heavy (non-hydrogen) atoms. The predicted molar refractivity (Wildman–Crippen MR) is 83.8 cm³/mol. The maximum absolute atomic E-state index is 11.2. The number of fused-ring (bicyclic) bond motifs is 3. The van der Waals surface area contributed by atoms with E-state index in [0.29, 0.717) is 5.92 Å². The molecule has 1 heterocycles. The molecule has 1 aliphatic rings. The van der Waals surface area contributed by atoms with E-state index < -0.39 is 0 Å². The lowest BCUT2D eigenvalue weighted by molar-refractivity contribution is -0.119. The van der Waals surface area contributed by atoms with Gasteiger partial charge in [-0.15, -0.1) is 0 Å². The van der Waals surface area contributed by atoms with Gasteiger partial charge < -0.3 is 14.6 Å². The molecule has 0 radical (unpaired) electrons. The number of aryl methyl sites for hydroxylation is 1. The van der Waals surface area contributed by atoms with Crippen molar-refractivity contribution in [3.05, 3.63) is 29.5 Å². The number of ether oxygens (including phenoxy) is 1. The van der Waals surface area contributed by atoms with Gasteiger partial charge in [-0.05, 0) is 43.0 Å². The number of nitrogens with one attached hydrogen (secondary N) is 1. The van der Waals surface area contributed by atoms with Gasteiger partial charge in [0, 0.05) is 43.0 Å². The highest BCUT2D eigenvalue weighted by Gasteiger charge is 2.26. The normalized spacial score (nSPS) is 17.6. The molecule has 1 aromatic heterocycles. The molecule has 2 aromatic rings. The second-order valence-corrected chi connectivity index (χ2v) is 5.83. The number of carbonyl (C=O) groups is 1. The van der Waals surface area contributed by atoms with Gasteiger partial charge in [0.05, 0.1) is 7.11 Å². The Morgan fingerprint density at radius 1 is 1.48 bits per heavy atom. The third-order valence-corrected chi connectivity index (χ3v) is 4.54. The third-order valence-electron chi connectivity index (χ3n) is 4.54. The fraction of sp³-hybridized carbons (Fsp3) is 0.471. The summed E-state index contributed by atoms with van der Waals surface area (Å²) in [5, 5.41) is 4.24. The Balaban J connectivity index is 2.10. The summed E-state index contributed by atoms with van der Waals surface area (Å²) < 4.78 is 7.67. The minimum Gasteiger partial charge on any atom is -0.497 e. The first kappa shape index (κ1) is 14.0. The van der Waals surface area contributed by atoms with Crippen LogP contribution in [-0.4, -0.2) is 24.1 Å². The molecule has 4 heteroatoms. The molecule has 1 amide bonds. The number of hydrogen-bond acceptors (Lipinski definition) is 2. The van der Waals surface area contributed by atoms with Crippen molar-refractivity contribution in [2.24, 2.45) is 7.05 Å². The van der Waals surface area contributed by atoms with Gasteiger partial charge in [0.15, 0.2) is 0 Å². The second-order valence-electron chi connectivity index (χ2n) is 5.83. The number of benzene rings is 1. The number of aromatic nitrogens is 1. The maximum Gasteiger partial charge on any atom is 0.216 e. The Bertz CT molecular complexity index is 688. The Morgan fingerprint density at radius 2 is 2.29 bits per heavy atom. The first-order valence-electron chi connectivity index (χ1n) is 7.51. The molecular weight excluding hydrogens is 264 g/mol. The van der Waals surface area contributed by atoms with Crippen molar-refractivity contribution in [2.75, 3.05) is 13.7 Å². The fourth-order valence-corrected chi connectivity index (χ4v) is 3.52. The zero-order valence-corrected chi connectivity index (χ0v) is 12.9. The van der Waals surface area contributed by atoms with Crippen molar-refractivity contribution in [2.45, 2.75) is 32.1 Å². The lowest BCUT2D eigenvalue weighted by Crippen LogP contribution is -2.28. The number of amides is 1. The van der Waals surface area contributed by atoms with Crippen LogP contribution in [0.5, 0.6) is 5.75 Å². The summed E-state index contributed by atoms with van der Waals surface area (Å²) in [6.45, 7) is 2.30. The summed E-state index contributed by atoms with van der Waals surface area (Å²) in [7, 11) is 3.83. The Labute approximate surface area is 125 Å². The van der Waals surface area contributed by atoms with Gasteiger partial charge >= 0.3 is 0 Å². The topological polar surface area (TPSA) is 43.3 Å². The molecule has 112 valence electrons. The van der Waals surface area contributed by atoms with Crippen LogP contribution in [0.3, 0.4) is 0 Å². The van der Waals surface area contributed by atoms with Crippen molar-refractivity contribution in [1.29, 1.82) is 0 Å². The van der Waals surface area contributed by atoms with Gasteiger partial charge in [-0.2, -0.15) is 0 Å². The minimum atomic E-state index is 0.0416. The summed E-state index contributed by atoms with van der Waals surface area (Å²) in [4.78, 5) is 11.2. The Hall–Kier alpha value is -1.97. The van der Waals surface area contributed by atoms with Gasteiger partial charge in [0.1, 0.15) is 5.75 Å². The highest BCUT2D eigenvalue weighted by atomic mass is 16.5. The van der Waals surface area contributed by atoms with Crippen LogP contribution in [0.4, 0.5) is 0 Å². The zero-order chi connectivity index (χ0) is 15.0. The van der Waals surface area contributed by atoms with Crippen LogP contribution in [0.1, 0.15) is 36.9 Å². The van der Waals surface area contributed by atoms with Gasteiger partial charge in [-0.3, -0.25) is 4.79 Å². The highest BCUT2D eigenvalue weighted by Crippen LogP contribution is 2.39. The largest absolute Gasteiger partial charge is 0.497 e. The van der Waals surface area contributed by atoms with E-state index in [1.54, 1.807) is 14.0 Å². The van der Waals surface area contributed by atoms with E-state index in [4.69, 9.17) is 4.74 Å². The van der Waals surface area contributed by atoms with Crippen LogP contribution >= 0.6 is 0 Å². The third kappa shape index (κ3) is 2.39. The molecule has 0 bridgehead atoms. The predicted octanol–water partition coefficient (Wildman–Crippen LogP) is 2.74. The fourth-order valence-electron chi connectivity index (χ4n) is 3.52. The molecule has 3 rings (SSSR count). The maximum atomic E-state index is 11.2. The first-order valence-corrected chi connectivity index (χ1v) is 7.51. The second kappa shape index (κ2) is 5.43. The van der Waals surface area contributed by atoms with Crippen LogP contribution in [0, 0.1) is 0 Å². The van der Waals surface area contributed by atoms with E-state index in [0.717, 1.165) is 25.1 Å². The van der Waals surface area contributed by atoms with Gasteiger partial charge in [0.2, 0.25) is 5.91 Å². The Morgan fingerprint density at radius 3 is 3.00 bits per heavy atom. The summed E-state index contributed by atoms with van der Waals surface area (Å²) in [6.07, 6.45) is 3.42. The summed E-state index contributed by atoms with van der Waals surface area (Å²) in [5.41, 5.74) is 4.04. The van der Waals surface area contributed by atoms with Crippen molar-refractivity contribution in [3.8, 4) is 5.75 Å². The lowest BCUT2D eigenvalue weighted by Gasteiger charge is -2.24. The number of hydrogen-bond donors (Lipinski definition) is 1. The SMILES string of the molecule is COc1ccc2c(c1)c1c(n2C)CCC[C@H]1CNC(C)=O. The molecule has 0 fully saturated rings. The molecule has 1 aromatic carbocycles. The minimum absolute atomic E-state index is 0.0416. The van der Waals surface area contributed by atoms with E-state index in [1.165, 1.54) is 28.6 Å². The Kier molecular flexibility index (Phi) is 3.62. The number of methoxy groups -OCH3 is 1. The highest BCUT2D eigenvalue weighted by molar-refractivity contribution is 5.88. The molecule has 0 unspecified atom stereocenters. The number of nitrogens with zero attached hydrogens (tertiary/aromatic N) is 1. The van der Waals surface area contributed by atoms with Crippen LogP contribution in [0.2, 0.25) is 0 Å². The zero-order valence-electron chi connectivity index (χ0n) is 12.9. The molecule has 0 spiro atoms. The van der Waals surface area contributed by atoms with Crippen LogP contribution in [0.15, 0.2) is 18.2 Å². The van der Waals surface area contributed by atoms with E-state index in [-0.39, 0.29) is 5.91 Å². The van der Waals surface area contributed by atoms with E-state index in [1.807, 2.05) is 6.07 Å². The molecule has 1 atom stereocenters. The monoisotopic (exact) mass is 286 g/mol. The molecular formula is C17H22N2O2. The van der Waals surface area contributed by atoms with E-state index >= 15 is 0 Å². The molecule has 0 saturated heterocycles. The average molecular weight is 286 g/mol. The quantitative estimate of drug-likeness (QED) is 0.943. The number of rotatable bonds is 3. The summed E-state index contributed by atoms with van der Waals surface area (Å²) in [6, 6.07) is 6.26. The van der Waals surface area contributed by atoms with Gasteiger partial charge in [-0.1, -0.05) is 0 Å². The summed E-state index contributed by atoms with van der Waals surface area (Å²) >= 11 is 0. The van der Waals surface area contributed by atoms with Crippen molar-refractivity contribution >= 4 is 16.8 Å². The molecule has 1 aliphatic carbocycles. The standard InChI is InChI=1S/C17H22N2O2/c1-11(20)18-10-12-5-4-6-16-17(12)14-9-13(21-3)7-8-15(14)19(16)2/h7-9,12H,4-6,10H2,1-3H3,(H,18,20)/t12-/m0/s1. The summed E-state index contributed by atoms with van der Waals surface area (Å²) in [5.74, 6) is 1.33. The average Bonchev–Trinajstić information content (AvgIpc) is 2.78. The van der Waals surface area contributed by atoms with E-state index in [9.17, 15) is 4.79 Å². The number of carbonyl (C=O) groups excluding carboxylic acids is 1. The molecule has 1 N–H and O–H groups in total. The van der Waals surface area contributed by atoms with Crippen LogP contribution in [-0.2, 0) is 18.3 Å².